The zero-order valence-corrected chi connectivity index (χ0v) is 11.9. The molecular formula is C16H17N3O3. The zero-order chi connectivity index (χ0) is 15.5. The molecule has 0 radical (unpaired) electrons. The molecule has 6 heteroatoms. The van der Waals surface area contributed by atoms with Crippen LogP contribution < -0.4 is 5.73 Å². The second kappa shape index (κ2) is 5.93. The lowest BCUT2D eigenvalue weighted by Gasteiger charge is -2.17. The molecule has 0 bridgehead atoms. The summed E-state index contributed by atoms with van der Waals surface area (Å²) in [7, 11) is 0. The highest BCUT2D eigenvalue weighted by Crippen LogP contribution is 2.33. The van der Waals surface area contributed by atoms with Crippen molar-refractivity contribution in [2.45, 2.75) is 18.4 Å². The van der Waals surface area contributed by atoms with Gasteiger partial charge in [0, 0.05) is 24.5 Å². The highest BCUT2D eigenvalue weighted by Gasteiger charge is 2.38. The standard InChI is InChI=1S/C16H17N3O3/c17-6-7-19-10-12(8-13(19)16(20)21)15-18-9-14(22-15)11-4-2-1-3-5-11/h1-7,9,12-13H,8,10,17H2,(H,20,21)/t12-,13+/m1/s1. The number of aliphatic carboxylic acids is 1. The van der Waals surface area contributed by atoms with E-state index in [1.165, 1.54) is 6.20 Å². The van der Waals surface area contributed by atoms with Crippen LogP contribution in [0.4, 0.5) is 0 Å². The number of oxazole rings is 1. The molecule has 0 spiro atoms. The quantitative estimate of drug-likeness (QED) is 0.897. The van der Waals surface area contributed by atoms with Crippen LogP contribution in [0.5, 0.6) is 0 Å². The molecule has 114 valence electrons. The van der Waals surface area contributed by atoms with Gasteiger partial charge in [-0.2, -0.15) is 0 Å². The lowest BCUT2D eigenvalue weighted by molar-refractivity contribution is -0.141. The van der Waals surface area contributed by atoms with Gasteiger partial charge in [-0.05, 0) is 6.42 Å². The molecule has 2 aromatic rings. The van der Waals surface area contributed by atoms with E-state index in [-0.39, 0.29) is 5.92 Å². The lowest BCUT2D eigenvalue weighted by atomic mass is 10.1. The lowest BCUT2D eigenvalue weighted by Crippen LogP contribution is -2.31. The Kier molecular flexibility index (Phi) is 3.82. The molecule has 1 aliphatic heterocycles. The van der Waals surface area contributed by atoms with Crippen molar-refractivity contribution >= 4 is 5.97 Å². The molecule has 1 fully saturated rings. The number of carbonyl (C=O) groups is 1. The van der Waals surface area contributed by atoms with Gasteiger partial charge in [-0.25, -0.2) is 9.78 Å². The zero-order valence-electron chi connectivity index (χ0n) is 11.9. The second-order valence-corrected chi connectivity index (χ2v) is 5.25. The smallest absolute Gasteiger partial charge is 0.326 e. The van der Waals surface area contributed by atoms with E-state index < -0.39 is 12.0 Å². The van der Waals surface area contributed by atoms with Crippen molar-refractivity contribution in [2.24, 2.45) is 5.73 Å². The predicted molar refractivity (Wildman–Crippen MR) is 80.8 cm³/mol. The van der Waals surface area contributed by atoms with Crippen molar-refractivity contribution in [1.29, 1.82) is 0 Å². The number of benzene rings is 1. The van der Waals surface area contributed by atoms with E-state index in [1.54, 1.807) is 17.3 Å². The van der Waals surface area contributed by atoms with Gasteiger partial charge < -0.3 is 20.2 Å². The molecule has 2 atom stereocenters. The van der Waals surface area contributed by atoms with E-state index in [0.29, 0.717) is 24.6 Å². The van der Waals surface area contributed by atoms with Gasteiger partial charge in [-0.15, -0.1) is 0 Å². The topological polar surface area (TPSA) is 92.6 Å². The highest BCUT2D eigenvalue weighted by molar-refractivity contribution is 5.74. The van der Waals surface area contributed by atoms with Crippen LogP contribution in [0, 0.1) is 0 Å². The van der Waals surface area contributed by atoms with Crippen molar-refractivity contribution in [3.8, 4) is 11.3 Å². The summed E-state index contributed by atoms with van der Waals surface area (Å²) < 4.78 is 5.82. The molecule has 3 N–H and O–H groups in total. The molecule has 1 aromatic carbocycles. The van der Waals surface area contributed by atoms with Gasteiger partial charge >= 0.3 is 5.97 Å². The molecule has 1 aromatic heterocycles. The predicted octanol–water partition coefficient (Wildman–Crippen LogP) is 2.01. The van der Waals surface area contributed by atoms with Gasteiger partial charge in [0.2, 0.25) is 0 Å². The summed E-state index contributed by atoms with van der Waals surface area (Å²) in [6.45, 7) is 0.527. The Bertz CT molecular complexity index is 681. The summed E-state index contributed by atoms with van der Waals surface area (Å²) in [5, 5.41) is 9.29. The van der Waals surface area contributed by atoms with E-state index >= 15 is 0 Å². The number of rotatable bonds is 4. The summed E-state index contributed by atoms with van der Waals surface area (Å²) in [6, 6.07) is 9.09. The van der Waals surface area contributed by atoms with Crippen LogP contribution in [-0.2, 0) is 4.79 Å². The van der Waals surface area contributed by atoms with Crippen molar-refractivity contribution in [1.82, 2.24) is 9.88 Å². The van der Waals surface area contributed by atoms with Gasteiger partial charge in [-0.1, -0.05) is 30.3 Å². The maximum Gasteiger partial charge on any atom is 0.326 e. The Morgan fingerprint density at radius 1 is 1.41 bits per heavy atom. The first-order valence-corrected chi connectivity index (χ1v) is 7.07. The third-order valence-corrected chi connectivity index (χ3v) is 3.83. The number of hydrogen-bond acceptors (Lipinski definition) is 5. The monoisotopic (exact) mass is 299 g/mol. The number of carboxylic acids is 1. The first-order chi connectivity index (χ1) is 10.7. The van der Waals surface area contributed by atoms with E-state index in [2.05, 4.69) is 4.98 Å². The third kappa shape index (κ3) is 2.67. The molecule has 2 heterocycles. The van der Waals surface area contributed by atoms with E-state index in [4.69, 9.17) is 10.2 Å². The number of carboxylic acid groups (broad SMARTS) is 1. The van der Waals surface area contributed by atoms with Gasteiger partial charge in [0.25, 0.3) is 0 Å². The first kappa shape index (κ1) is 14.2. The fraction of sp³-hybridized carbons (Fsp3) is 0.250. The van der Waals surface area contributed by atoms with Crippen LogP contribution in [-0.4, -0.2) is 33.5 Å². The molecule has 6 nitrogen and oxygen atoms in total. The average Bonchev–Trinajstić information content (AvgIpc) is 3.15. The van der Waals surface area contributed by atoms with Gasteiger partial charge in [0.1, 0.15) is 6.04 Å². The Balaban J connectivity index is 1.81. The highest BCUT2D eigenvalue weighted by atomic mass is 16.4. The summed E-state index contributed by atoms with van der Waals surface area (Å²) in [6.07, 6.45) is 5.08. The average molecular weight is 299 g/mol. The van der Waals surface area contributed by atoms with Crippen molar-refractivity contribution in [3.63, 3.8) is 0 Å². The molecule has 0 aliphatic carbocycles. The summed E-state index contributed by atoms with van der Waals surface area (Å²) >= 11 is 0. The fourth-order valence-electron chi connectivity index (χ4n) is 2.77. The Morgan fingerprint density at radius 3 is 2.86 bits per heavy atom. The molecule has 1 saturated heterocycles. The maximum atomic E-state index is 11.3. The molecular weight excluding hydrogens is 282 g/mol. The second-order valence-electron chi connectivity index (χ2n) is 5.25. The minimum Gasteiger partial charge on any atom is -0.480 e. The minimum atomic E-state index is -0.865. The Morgan fingerprint density at radius 2 is 2.18 bits per heavy atom. The van der Waals surface area contributed by atoms with Gasteiger partial charge in [0.15, 0.2) is 11.7 Å². The van der Waals surface area contributed by atoms with E-state index in [9.17, 15) is 9.90 Å². The molecule has 22 heavy (non-hydrogen) atoms. The molecule has 1 aliphatic rings. The summed E-state index contributed by atoms with van der Waals surface area (Å²) in [5.74, 6) is 0.332. The van der Waals surface area contributed by atoms with Crippen molar-refractivity contribution in [2.75, 3.05) is 6.54 Å². The summed E-state index contributed by atoms with van der Waals surface area (Å²) in [4.78, 5) is 17.4. The van der Waals surface area contributed by atoms with Gasteiger partial charge in [0.05, 0.1) is 12.1 Å². The molecule has 0 saturated carbocycles. The first-order valence-electron chi connectivity index (χ1n) is 7.07. The third-order valence-electron chi connectivity index (χ3n) is 3.83. The summed E-state index contributed by atoms with van der Waals surface area (Å²) in [5.41, 5.74) is 6.33. The minimum absolute atomic E-state index is 0.0604. The maximum absolute atomic E-state index is 11.3. The van der Waals surface area contributed by atoms with Crippen LogP contribution >= 0.6 is 0 Å². The number of nitrogens with zero attached hydrogens (tertiary/aromatic N) is 2. The number of likely N-dealkylation sites (tertiary alicyclic amines) is 1. The molecule has 0 amide bonds. The Hall–Kier alpha value is -2.76. The fourth-order valence-corrected chi connectivity index (χ4v) is 2.77. The number of aromatic nitrogens is 1. The largest absolute Gasteiger partial charge is 0.480 e. The number of hydrogen-bond donors (Lipinski definition) is 2. The van der Waals surface area contributed by atoms with E-state index in [0.717, 1.165) is 5.56 Å². The van der Waals surface area contributed by atoms with Crippen LogP contribution in [0.2, 0.25) is 0 Å². The van der Waals surface area contributed by atoms with Crippen LogP contribution in [0.15, 0.2) is 53.3 Å². The van der Waals surface area contributed by atoms with Crippen LogP contribution in [0.25, 0.3) is 11.3 Å². The molecule has 0 unspecified atom stereocenters. The molecule has 3 rings (SSSR count). The van der Waals surface area contributed by atoms with Crippen LogP contribution in [0.3, 0.4) is 0 Å². The van der Waals surface area contributed by atoms with Crippen LogP contribution in [0.1, 0.15) is 18.2 Å². The van der Waals surface area contributed by atoms with E-state index in [1.807, 2.05) is 30.3 Å². The van der Waals surface area contributed by atoms with Crippen molar-refractivity contribution in [3.05, 3.63) is 54.8 Å². The normalized spacial score (nSPS) is 21.5. The SMILES string of the molecule is NC=CN1C[C@H](c2ncc(-c3ccccc3)o2)C[C@H]1C(=O)O. The van der Waals surface area contributed by atoms with Gasteiger partial charge in [-0.3, -0.25) is 0 Å². The van der Waals surface area contributed by atoms with Crippen molar-refractivity contribution < 1.29 is 14.3 Å². The Labute approximate surface area is 127 Å². The number of nitrogens with two attached hydrogens (primary N) is 1.